The fourth-order valence-electron chi connectivity index (χ4n) is 3.11. The Morgan fingerprint density at radius 2 is 2.04 bits per heavy atom. The van der Waals surface area contributed by atoms with Crippen LogP contribution in [0, 0.1) is 0 Å². The molecule has 3 rings (SSSR count). The van der Waals surface area contributed by atoms with Gasteiger partial charge in [-0.2, -0.15) is 4.98 Å². The van der Waals surface area contributed by atoms with Gasteiger partial charge in [0.2, 0.25) is 20.4 Å². The van der Waals surface area contributed by atoms with Gasteiger partial charge in [-0.25, -0.2) is 18.2 Å². The third-order valence-corrected chi connectivity index (χ3v) is 5.15. The maximum absolute atomic E-state index is 12.6. The van der Waals surface area contributed by atoms with Crippen LogP contribution in [0.5, 0.6) is 0 Å². The van der Waals surface area contributed by atoms with Crippen molar-refractivity contribution in [3.8, 4) is 0 Å². The first-order valence-corrected chi connectivity index (χ1v) is 10.0. The molecule has 134 valence electrons. The van der Waals surface area contributed by atoms with Crippen molar-refractivity contribution in [3.05, 3.63) is 28.2 Å². The molecule has 1 saturated carbocycles. The Morgan fingerprint density at radius 3 is 2.64 bits per heavy atom. The van der Waals surface area contributed by atoms with Crippen LogP contribution in [-0.2, 0) is 14.6 Å². The zero-order chi connectivity index (χ0) is 18.2. The van der Waals surface area contributed by atoms with Crippen LogP contribution in [0.1, 0.15) is 49.0 Å². The Morgan fingerprint density at radius 1 is 1.36 bits per heavy atom. The number of pyridine rings is 1. The van der Waals surface area contributed by atoms with Crippen molar-refractivity contribution in [2.24, 2.45) is 0 Å². The van der Waals surface area contributed by atoms with Crippen molar-refractivity contribution in [3.63, 3.8) is 0 Å². The van der Waals surface area contributed by atoms with E-state index in [1.54, 1.807) is 11.5 Å². The molecule has 0 atom stereocenters. The van der Waals surface area contributed by atoms with Gasteiger partial charge in [0, 0.05) is 24.7 Å². The SMILES string of the molecule is CCOC(=O)c1cn(C2CCCC2)c2nc(S(C)(=O)=O)ncc2c1=O. The van der Waals surface area contributed by atoms with Gasteiger partial charge in [0.15, 0.2) is 0 Å². The minimum atomic E-state index is -3.61. The largest absolute Gasteiger partial charge is 0.462 e. The molecule has 2 heterocycles. The zero-order valence-electron chi connectivity index (χ0n) is 14.1. The number of sulfone groups is 1. The minimum absolute atomic E-state index is 0.0542. The average Bonchev–Trinajstić information content (AvgIpc) is 3.08. The van der Waals surface area contributed by atoms with Crippen molar-refractivity contribution in [2.45, 2.75) is 43.8 Å². The van der Waals surface area contributed by atoms with E-state index in [9.17, 15) is 18.0 Å². The number of fused-ring (bicyclic) bond motifs is 1. The van der Waals surface area contributed by atoms with Crippen LogP contribution < -0.4 is 5.43 Å². The van der Waals surface area contributed by atoms with Gasteiger partial charge in [0.25, 0.3) is 0 Å². The molecule has 0 aromatic carbocycles. The number of hydrogen-bond donors (Lipinski definition) is 0. The average molecular weight is 365 g/mol. The lowest BCUT2D eigenvalue weighted by molar-refractivity contribution is 0.0524. The number of nitrogens with zero attached hydrogens (tertiary/aromatic N) is 3. The first kappa shape index (κ1) is 17.5. The monoisotopic (exact) mass is 365 g/mol. The van der Waals surface area contributed by atoms with Gasteiger partial charge in [-0.3, -0.25) is 4.79 Å². The van der Waals surface area contributed by atoms with Crippen LogP contribution >= 0.6 is 0 Å². The summed E-state index contributed by atoms with van der Waals surface area (Å²) < 4.78 is 30.2. The molecule has 1 aliphatic rings. The molecule has 25 heavy (non-hydrogen) atoms. The molecule has 2 aromatic rings. The van der Waals surface area contributed by atoms with Gasteiger partial charge in [0.05, 0.1) is 12.0 Å². The summed E-state index contributed by atoms with van der Waals surface area (Å²) in [6.07, 6.45) is 7.43. The number of aromatic nitrogens is 3. The molecule has 0 bridgehead atoms. The maximum Gasteiger partial charge on any atom is 0.343 e. The number of rotatable bonds is 4. The molecule has 2 aromatic heterocycles. The molecule has 9 heteroatoms. The van der Waals surface area contributed by atoms with Crippen LogP contribution in [-0.4, -0.2) is 41.8 Å². The highest BCUT2D eigenvalue weighted by atomic mass is 32.2. The third kappa shape index (κ3) is 3.28. The van der Waals surface area contributed by atoms with Gasteiger partial charge >= 0.3 is 5.97 Å². The van der Waals surface area contributed by atoms with E-state index in [0.717, 1.165) is 31.9 Å². The summed E-state index contributed by atoms with van der Waals surface area (Å²) in [7, 11) is -3.61. The number of esters is 1. The predicted octanol–water partition coefficient (Wildman–Crippen LogP) is 1.49. The summed E-state index contributed by atoms with van der Waals surface area (Å²) in [6.45, 7) is 1.82. The Bertz CT molecular complexity index is 991. The van der Waals surface area contributed by atoms with Crippen LogP contribution in [0.3, 0.4) is 0 Å². The first-order chi connectivity index (χ1) is 11.8. The summed E-state index contributed by atoms with van der Waals surface area (Å²) in [6, 6.07) is 0.0542. The van der Waals surface area contributed by atoms with Crippen LogP contribution in [0.25, 0.3) is 11.0 Å². The Balaban J connectivity index is 2.31. The molecule has 0 saturated heterocycles. The summed E-state index contributed by atoms with van der Waals surface area (Å²) in [4.78, 5) is 32.7. The predicted molar refractivity (Wildman–Crippen MR) is 90.4 cm³/mol. The molecule has 8 nitrogen and oxygen atoms in total. The summed E-state index contributed by atoms with van der Waals surface area (Å²) in [5.41, 5.74) is -0.403. The third-order valence-electron chi connectivity index (χ3n) is 4.29. The molecule has 0 spiro atoms. The second-order valence-corrected chi connectivity index (χ2v) is 8.01. The minimum Gasteiger partial charge on any atom is -0.462 e. The van der Waals surface area contributed by atoms with E-state index >= 15 is 0 Å². The van der Waals surface area contributed by atoms with Gasteiger partial charge in [-0.05, 0) is 19.8 Å². The molecule has 1 fully saturated rings. The normalized spacial score (nSPS) is 15.6. The summed E-state index contributed by atoms with van der Waals surface area (Å²) in [5, 5.41) is -0.222. The van der Waals surface area contributed by atoms with E-state index in [0.29, 0.717) is 0 Å². The lowest BCUT2D eigenvalue weighted by Gasteiger charge is -2.18. The van der Waals surface area contributed by atoms with E-state index in [-0.39, 0.29) is 34.4 Å². The molecule has 0 amide bonds. The van der Waals surface area contributed by atoms with E-state index in [2.05, 4.69) is 9.97 Å². The lowest BCUT2D eigenvalue weighted by Crippen LogP contribution is -2.23. The molecule has 0 N–H and O–H groups in total. The van der Waals surface area contributed by atoms with E-state index in [1.165, 1.54) is 12.4 Å². The van der Waals surface area contributed by atoms with E-state index in [1.807, 2.05) is 0 Å². The van der Waals surface area contributed by atoms with Crippen molar-refractivity contribution >= 4 is 26.8 Å². The highest BCUT2D eigenvalue weighted by molar-refractivity contribution is 7.90. The maximum atomic E-state index is 12.6. The molecular weight excluding hydrogens is 346 g/mol. The fourth-order valence-corrected chi connectivity index (χ4v) is 3.61. The lowest BCUT2D eigenvalue weighted by atomic mass is 10.1. The number of carbonyl (C=O) groups is 1. The van der Waals surface area contributed by atoms with Gasteiger partial charge in [0.1, 0.15) is 11.2 Å². The van der Waals surface area contributed by atoms with Gasteiger partial charge < -0.3 is 9.30 Å². The van der Waals surface area contributed by atoms with Crippen LogP contribution in [0.4, 0.5) is 0 Å². The van der Waals surface area contributed by atoms with Crippen molar-refractivity contribution in [2.75, 3.05) is 12.9 Å². The Labute approximate surface area is 144 Å². The smallest absolute Gasteiger partial charge is 0.343 e. The standard InChI is InChI=1S/C16H19N3O5S/c1-3-24-15(21)12-9-19(10-6-4-5-7-10)14-11(13(12)20)8-17-16(18-14)25(2,22)23/h8-10H,3-7H2,1-2H3. The second-order valence-electron chi connectivity index (χ2n) is 6.10. The molecule has 0 aliphatic heterocycles. The van der Waals surface area contributed by atoms with E-state index < -0.39 is 21.2 Å². The summed E-state index contributed by atoms with van der Waals surface area (Å²) >= 11 is 0. The second kappa shape index (κ2) is 6.55. The molecular formula is C16H19N3O5S. The molecule has 1 aliphatic carbocycles. The number of ether oxygens (including phenoxy) is 1. The van der Waals surface area contributed by atoms with E-state index in [4.69, 9.17) is 4.74 Å². The van der Waals surface area contributed by atoms with Crippen LogP contribution in [0.15, 0.2) is 22.3 Å². The van der Waals surface area contributed by atoms with Gasteiger partial charge in [-0.1, -0.05) is 12.8 Å². The van der Waals surface area contributed by atoms with Crippen LogP contribution in [0.2, 0.25) is 0 Å². The zero-order valence-corrected chi connectivity index (χ0v) is 14.9. The van der Waals surface area contributed by atoms with Crippen molar-refractivity contribution < 1.29 is 17.9 Å². The van der Waals surface area contributed by atoms with Crippen molar-refractivity contribution in [1.82, 2.24) is 14.5 Å². The molecule has 0 radical (unpaired) electrons. The number of carbonyl (C=O) groups excluding carboxylic acids is 1. The Hall–Kier alpha value is -2.29. The summed E-state index contributed by atoms with van der Waals surface area (Å²) in [5.74, 6) is -0.701. The quantitative estimate of drug-likeness (QED) is 0.596. The first-order valence-electron chi connectivity index (χ1n) is 8.12. The van der Waals surface area contributed by atoms with Crippen molar-refractivity contribution in [1.29, 1.82) is 0 Å². The highest BCUT2D eigenvalue weighted by Crippen LogP contribution is 2.31. The fraction of sp³-hybridized carbons (Fsp3) is 0.500. The topological polar surface area (TPSA) is 108 Å². The highest BCUT2D eigenvalue weighted by Gasteiger charge is 2.25. The Kier molecular flexibility index (Phi) is 4.59. The van der Waals surface area contributed by atoms with Gasteiger partial charge in [-0.15, -0.1) is 0 Å². The molecule has 0 unspecified atom stereocenters. The number of hydrogen-bond acceptors (Lipinski definition) is 7.